The number of nitrogens with one attached hydrogen (secondary N) is 1. The summed E-state index contributed by atoms with van der Waals surface area (Å²) in [7, 11) is 0. The fourth-order valence-electron chi connectivity index (χ4n) is 0.600. The Hall–Kier alpha value is 0.0664. The van der Waals surface area contributed by atoms with Crippen molar-refractivity contribution in [1.29, 1.82) is 0 Å². The van der Waals surface area contributed by atoms with Crippen LogP contribution >= 0.6 is 0 Å². The quantitative estimate of drug-likeness (QED) is 0.177. The predicted molar refractivity (Wildman–Crippen MR) is 42.5 cm³/mol. The van der Waals surface area contributed by atoms with Crippen LogP contribution in [0.5, 0.6) is 0 Å². The average Bonchev–Trinajstić information content (AvgIpc) is 2.32. The molecule has 0 saturated carbocycles. The monoisotopic (exact) mass is 228 g/mol. The second-order valence-electron chi connectivity index (χ2n) is 1.75. The summed E-state index contributed by atoms with van der Waals surface area (Å²) in [5.74, 6) is -0.894. The molecule has 0 atom stereocenters. The Morgan fingerprint density at radius 1 is 1.69 bits per heavy atom. The van der Waals surface area contributed by atoms with Gasteiger partial charge in [0.15, 0.2) is 0 Å². The molecule has 1 rings (SSSR count). The number of thiol groups is 1. The van der Waals surface area contributed by atoms with Crippen molar-refractivity contribution >= 4 is 25.1 Å². The number of amides is 1. The molecule has 0 aliphatic heterocycles. The summed E-state index contributed by atoms with van der Waals surface area (Å²) < 4.78 is 0. The Morgan fingerprint density at radius 3 is 2.54 bits per heavy atom. The van der Waals surface area contributed by atoms with Crippen LogP contribution in [0.2, 0.25) is 0 Å². The van der Waals surface area contributed by atoms with E-state index >= 15 is 0 Å². The largest absolute Gasteiger partial charge is 1.00 e. The molecule has 7 nitrogen and oxygen atoms in total. The van der Waals surface area contributed by atoms with Crippen LogP contribution in [0.1, 0.15) is 10.5 Å². The summed E-state index contributed by atoms with van der Waals surface area (Å²) >= 11 is 0. The van der Waals surface area contributed by atoms with Gasteiger partial charge in [-0.2, -0.15) is 5.10 Å². The number of rotatable bonds is 2. The maximum atomic E-state index is 10.4. The van der Waals surface area contributed by atoms with Gasteiger partial charge in [-0.1, -0.05) is 0 Å². The predicted octanol–water partition coefficient (Wildman–Crippen LogP) is -3.85. The molecular formula is C4H5KN4O3S. The smallest absolute Gasteiger partial charge is 0.813 e. The van der Waals surface area contributed by atoms with Gasteiger partial charge in [-0.05, 0) is 0 Å². The van der Waals surface area contributed by atoms with E-state index in [0.29, 0.717) is 0 Å². The molecule has 1 amide bonds. The summed E-state index contributed by atoms with van der Waals surface area (Å²) in [4.78, 5) is 19.8. The zero-order valence-electron chi connectivity index (χ0n) is 6.72. The van der Waals surface area contributed by atoms with Gasteiger partial charge in [0.2, 0.25) is 5.69 Å². The van der Waals surface area contributed by atoms with Gasteiger partial charge in [0.25, 0.3) is 5.91 Å². The fraction of sp³-hybridized carbons (Fsp3) is 0. The molecule has 13 heavy (non-hydrogen) atoms. The second kappa shape index (κ2) is 6.51. The molecule has 0 fully saturated rings. The Kier molecular flexibility index (Phi) is 7.78. The summed E-state index contributed by atoms with van der Waals surface area (Å²) in [6.07, 6.45) is 0.931. The van der Waals surface area contributed by atoms with E-state index in [2.05, 4.69) is 10.2 Å². The van der Waals surface area contributed by atoms with Crippen molar-refractivity contribution in [1.82, 2.24) is 10.2 Å². The number of H-pyrrole nitrogens is 1. The minimum atomic E-state index is -0.894. The number of nitrogens with two attached hydrogens (primary N) is 1. The molecule has 0 radical (unpaired) electrons. The number of aromatic nitrogens is 2. The van der Waals surface area contributed by atoms with E-state index < -0.39 is 16.5 Å². The Labute approximate surface area is 122 Å². The SMILES string of the molecule is NC(=O)c1[nH]ncc1[N+](=O)[O-].[K+].[SH-]. The van der Waals surface area contributed by atoms with Gasteiger partial charge in [-0.25, -0.2) is 0 Å². The molecule has 9 heteroatoms. The van der Waals surface area contributed by atoms with Crippen LogP contribution in [-0.4, -0.2) is 21.0 Å². The van der Waals surface area contributed by atoms with Crippen molar-refractivity contribution in [2.75, 3.05) is 0 Å². The normalized spacial score (nSPS) is 8.00. The molecule has 0 aromatic carbocycles. The van der Waals surface area contributed by atoms with Crippen molar-refractivity contribution in [3.8, 4) is 0 Å². The first-order valence-corrected chi connectivity index (χ1v) is 2.60. The zero-order chi connectivity index (χ0) is 8.43. The Morgan fingerprint density at radius 2 is 2.23 bits per heavy atom. The molecule has 66 valence electrons. The van der Waals surface area contributed by atoms with Gasteiger partial charge in [0.1, 0.15) is 6.20 Å². The topological polar surface area (TPSA) is 115 Å². The number of aromatic amines is 1. The first kappa shape index (κ1) is 15.5. The molecule has 0 aliphatic carbocycles. The van der Waals surface area contributed by atoms with Gasteiger partial charge >= 0.3 is 57.1 Å². The molecule has 3 N–H and O–H groups in total. The molecule has 1 heterocycles. The fourth-order valence-corrected chi connectivity index (χ4v) is 0.600. The Balaban J connectivity index is 0. The van der Waals surface area contributed by atoms with E-state index in [0.717, 1.165) is 6.20 Å². The third-order valence-electron chi connectivity index (χ3n) is 1.06. The third kappa shape index (κ3) is 3.75. The van der Waals surface area contributed by atoms with Crippen molar-refractivity contribution in [2.24, 2.45) is 5.73 Å². The summed E-state index contributed by atoms with van der Waals surface area (Å²) in [6.45, 7) is 0. The number of nitrogens with zero attached hydrogens (tertiary/aromatic N) is 2. The van der Waals surface area contributed by atoms with Gasteiger partial charge in [-0.3, -0.25) is 20.0 Å². The molecule has 1 aromatic rings. The maximum Gasteiger partial charge on any atom is 1.00 e. The maximum absolute atomic E-state index is 10.4. The summed E-state index contributed by atoms with van der Waals surface area (Å²) in [6, 6.07) is 0. The van der Waals surface area contributed by atoms with E-state index in [9.17, 15) is 14.9 Å². The molecule has 0 aliphatic rings. The first-order valence-electron chi connectivity index (χ1n) is 2.60. The zero-order valence-corrected chi connectivity index (χ0v) is 10.7. The van der Waals surface area contributed by atoms with Crippen molar-refractivity contribution in [3.05, 3.63) is 22.0 Å². The molecule has 0 bridgehead atoms. The van der Waals surface area contributed by atoms with Crippen molar-refractivity contribution in [3.63, 3.8) is 0 Å². The number of carbonyl (C=O) groups excluding carboxylic acids is 1. The van der Waals surface area contributed by atoms with Gasteiger partial charge in [-0.15, -0.1) is 0 Å². The average molecular weight is 228 g/mol. The van der Waals surface area contributed by atoms with E-state index in [-0.39, 0.29) is 70.6 Å². The number of hydrogen-bond acceptors (Lipinski definition) is 5. The van der Waals surface area contributed by atoms with E-state index in [1.165, 1.54) is 0 Å². The van der Waals surface area contributed by atoms with E-state index in [4.69, 9.17) is 5.73 Å². The minimum absolute atomic E-state index is 0. The second-order valence-corrected chi connectivity index (χ2v) is 1.75. The van der Waals surface area contributed by atoms with Crippen LogP contribution in [0, 0.1) is 10.1 Å². The van der Waals surface area contributed by atoms with Gasteiger partial charge in [0, 0.05) is 0 Å². The van der Waals surface area contributed by atoms with Crippen LogP contribution in [-0.2, 0) is 13.5 Å². The first-order chi connectivity index (χ1) is 5.13. The van der Waals surface area contributed by atoms with E-state index in [1.54, 1.807) is 0 Å². The summed E-state index contributed by atoms with van der Waals surface area (Å²) in [5, 5.41) is 15.5. The van der Waals surface area contributed by atoms with Crippen LogP contribution in [0.3, 0.4) is 0 Å². The van der Waals surface area contributed by atoms with Gasteiger partial charge in [0.05, 0.1) is 4.92 Å². The third-order valence-corrected chi connectivity index (χ3v) is 1.06. The standard InChI is InChI=1S/C4H4N4O3.K.H2S/c5-4(9)3-2(8(10)11)1-6-7-3;;/h1H,(H2,5,9)(H,6,7);;1H2/q;+1;/p-1. The van der Waals surface area contributed by atoms with Crippen LogP contribution in [0.25, 0.3) is 0 Å². The minimum Gasteiger partial charge on any atom is -0.813 e. The molecule has 1 aromatic heterocycles. The number of hydrogen-bond donors (Lipinski definition) is 2. The summed E-state index contributed by atoms with van der Waals surface area (Å²) in [5.41, 5.74) is 4.09. The molecular weight excluding hydrogens is 223 g/mol. The van der Waals surface area contributed by atoms with Crippen molar-refractivity contribution < 1.29 is 61.1 Å². The molecule has 0 spiro atoms. The number of primary amides is 1. The van der Waals surface area contributed by atoms with E-state index in [1.807, 2.05) is 0 Å². The molecule has 0 unspecified atom stereocenters. The van der Waals surface area contributed by atoms with Crippen LogP contribution < -0.4 is 57.1 Å². The molecule has 0 saturated heterocycles. The van der Waals surface area contributed by atoms with Gasteiger partial charge < -0.3 is 19.2 Å². The number of nitro groups is 1. The van der Waals surface area contributed by atoms with Crippen LogP contribution in [0.15, 0.2) is 6.20 Å². The Bertz CT molecular complexity index is 286. The van der Waals surface area contributed by atoms with Crippen molar-refractivity contribution in [2.45, 2.75) is 0 Å². The number of carbonyl (C=O) groups is 1. The van der Waals surface area contributed by atoms with Crippen LogP contribution in [0.4, 0.5) is 5.69 Å².